The van der Waals surface area contributed by atoms with Crippen LogP contribution < -0.4 is 5.32 Å². The van der Waals surface area contributed by atoms with E-state index >= 15 is 0 Å². The SMILES string of the molecule is CNc1cc(Sc2ccc(F)c(F)c2)nc(C(C)C)n1. The lowest BCUT2D eigenvalue weighted by atomic mass is 10.2. The minimum absolute atomic E-state index is 0.188. The van der Waals surface area contributed by atoms with Gasteiger partial charge in [-0.3, -0.25) is 0 Å². The number of anilines is 1. The Hall–Kier alpha value is -1.69. The zero-order chi connectivity index (χ0) is 14.7. The van der Waals surface area contributed by atoms with E-state index in [0.29, 0.717) is 21.6 Å². The summed E-state index contributed by atoms with van der Waals surface area (Å²) in [6.45, 7) is 4.00. The van der Waals surface area contributed by atoms with Crippen molar-refractivity contribution in [1.29, 1.82) is 0 Å². The molecule has 0 spiro atoms. The number of rotatable bonds is 4. The number of hydrogen-bond donors (Lipinski definition) is 1. The van der Waals surface area contributed by atoms with Gasteiger partial charge >= 0.3 is 0 Å². The first-order chi connectivity index (χ1) is 9.49. The predicted molar refractivity (Wildman–Crippen MR) is 76.1 cm³/mol. The molecule has 2 aromatic rings. The molecule has 1 aromatic carbocycles. The van der Waals surface area contributed by atoms with E-state index in [0.717, 1.165) is 12.1 Å². The Bertz CT molecular complexity index is 617. The van der Waals surface area contributed by atoms with Gasteiger partial charge in [-0.1, -0.05) is 25.6 Å². The predicted octanol–water partition coefficient (Wildman–Crippen LogP) is 4.07. The maximum absolute atomic E-state index is 13.2. The molecule has 106 valence electrons. The second kappa shape index (κ2) is 6.17. The highest BCUT2D eigenvalue weighted by atomic mass is 32.2. The first kappa shape index (κ1) is 14.7. The summed E-state index contributed by atoms with van der Waals surface area (Å²) in [4.78, 5) is 9.38. The van der Waals surface area contributed by atoms with Gasteiger partial charge in [0.2, 0.25) is 0 Å². The van der Waals surface area contributed by atoms with Crippen LogP contribution in [0.15, 0.2) is 34.2 Å². The minimum Gasteiger partial charge on any atom is -0.373 e. The second-order valence-electron chi connectivity index (χ2n) is 4.53. The molecule has 0 bridgehead atoms. The number of nitrogens with one attached hydrogen (secondary N) is 1. The van der Waals surface area contributed by atoms with E-state index in [-0.39, 0.29) is 5.92 Å². The summed E-state index contributed by atoms with van der Waals surface area (Å²) in [7, 11) is 1.78. The molecule has 3 nitrogen and oxygen atoms in total. The summed E-state index contributed by atoms with van der Waals surface area (Å²) < 4.78 is 26.1. The molecule has 0 saturated heterocycles. The van der Waals surface area contributed by atoms with Crippen LogP contribution in [0.4, 0.5) is 14.6 Å². The van der Waals surface area contributed by atoms with Gasteiger partial charge in [0.1, 0.15) is 16.7 Å². The fourth-order valence-corrected chi connectivity index (χ4v) is 2.39. The van der Waals surface area contributed by atoms with E-state index in [9.17, 15) is 8.78 Å². The Kier molecular flexibility index (Phi) is 4.54. The highest BCUT2D eigenvalue weighted by Crippen LogP contribution is 2.29. The van der Waals surface area contributed by atoms with Crippen molar-refractivity contribution < 1.29 is 8.78 Å². The van der Waals surface area contributed by atoms with Gasteiger partial charge < -0.3 is 5.32 Å². The average Bonchev–Trinajstić information content (AvgIpc) is 2.42. The van der Waals surface area contributed by atoms with Crippen molar-refractivity contribution in [3.05, 3.63) is 41.7 Å². The van der Waals surface area contributed by atoms with E-state index in [1.807, 2.05) is 13.8 Å². The lowest BCUT2D eigenvalue weighted by Crippen LogP contribution is -2.02. The van der Waals surface area contributed by atoms with Crippen LogP contribution in [0.5, 0.6) is 0 Å². The Balaban J connectivity index is 2.32. The van der Waals surface area contributed by atoms with E-state index in [4.69, 9.17) is 0 Å². The molecule has 20 heavy (non-hydrogen) atoms. The molecule has 0 aliphatic heterocycles. The van der Waals surface area contributed by atoms with Crippen LogP contribution in [0.1, 0.15) is 25.6 Å². The maximum atomic E-state index is 13.2. The number of benzene rings is 1. The van der Waals surface area contributed by atoms with Gasteiger partial charge in [0.15, 0.2) is 11.6 Å². The standard InChI is InChI=1S/C14H15F2N3S/c1-8(2)14-18-12(17-3)7-13(19-14)20-9-4-5-10(15)11(16)6-9/h4-8H,1-3H3,(H,17,18,19). The normalized spacial score (nSPS) is 10.9. The lowest BCUT2D eigenvalue weighted by molar-refractivity contribution is 0.506. The number of nitrogens with zero attached hydrogens (tertiary/aromatic N) is 2. The monoisotopic (exact) mass is 295 g/mol. The Labute approximate surface area is 120 Å². The lowest BCUT2D eigenvalue weighted by Gasteiger charge is -2.09. The van der Waals surface area contributed by atoms with Crippen molar-refractivity contribution in [1.82, 2.24) is 9.97 Å². The summed E-state index contributed by atoms with van der Waals surface area (Å²) >= 11 is 1.27. The van der Waals surface area contributed by atoms with Gasteiger partial charge in [-0.05, 0) is 18.2 Å². The van der Waals surface area contributed by atoms with Gasteiger partial charge in [-0.15, -0.1) is 0 Å². The molecule has 1 N–H and O–H groups in total. The van der Waals surface area contributed by atoms with Gasteiger partial charge in [0.25, 0.3) is 0 Å². The van der Waals surface area contributed by atoms with Crippen molar-refractivity contribution in [2.45, 2.75) is 29.7 Å². The fourth-order valence-electron chi connectivity index (χ4n) is 1.54. The zero-order valence-electron chi connectivity index (χ0n) is 11.4. The highest BCUT2D eigenvalue weighted by molar-refractivity contribution is 7.99. The zero-order valence-corrected chi connectivity index (χ0v) is 12.3. The molecule has 0 aliphatic carbocycles. The van der Waals surface area contributed by atoms with E-state index in [1.165, 1.54) is 17.8 Å². The molecule has 1 heterocycles. The minimum atomic E-state index is -0.859. The summed E-state index contributed by atoms with van der Waals surface area (Å²) in [5, 5.41) is 3.66. The summed E-state index contributed by atoms with van der Waals surface area (Å²) in [5.74, 6) is -0.110. The van der Waals surface area contributed by atoms with E-state index < -0.39 is 11.6 Å². The van der Waals surface area contributed by atoms with Crippen molar-refractivity contribution in [2.75, 3.05) is 12.4 Å². The third kappa shape index (κ3) is 3.45. The molecule has 0 saturated carbocycles. The van der Waals surface area contributed by atoms with Gasteiger partial charge in [-0.25, -0.2) is 18.7 Å². The van der Waals surface area contributed by atoms with Crippen LogP contribution in [0.25, 0.3) is 0 Å². The van der Waals surface area contributed by atoms with Crippen LogP contribution in [-0.4, -0.2) is 17.0 Å². The third-order valence-corrected chi connectivity index (χ3v) is 3.51. The maximum Gasteiger partial charge on any atom is 0.159 e. The van der Waals surface area contributed by atoms with Crippen LogP contribution in [0, 0.1) is 11.6 Å². The van der Waals surface area contributed by atoms with Crippen molar-refractivity contribution in [3.63, 3.8) is 0 Å². The topological polar surface area (TPSA) is 37.8 Å². The van der Waals surface area contributed by atoms with Crippen LogP contribution in [-0.2, 0) is 0 Å². The highest BCUT2D eigenvalue weighted by Gasteiger charge is 2.10. The van der Waals surface area contributed by atoms with Gasteiger partial charge in [0.05, 0.1) is 0 Å². The molecule has 0 atom stereocenters. The quantitative estimate of drug-likeness (QED) is 0.863. The van der Waals surface area contributed by atoms with Crippen LogP contribution in [0.2, 0.25) is 0 Å². The Morgan fingerprint density at radius 3 is 2.45 bits per heavy atom. The van der Waals surface area contributed by atoms with Gasteiger partial charge in [-0.2, -0.15) is 0 Å². The van der Waals surface area contributed by atoms with Crippen molar-refractivity contribution in [2.24, 2.45) is 0 Å². The molecule has 0 radical (unpaired) electrons. The van der Waals surface area contributed by atoms with E-state index in [1.54, 1.807) is 13.1 Å². The van der Waals surface area contributed by atoms with Crippen molar-refractivity contribution >= 4 is 17.6 Å². The van der Waals surface area contributed by atoms with E-state index in [2.05, 4.69) is 15.3 Å². The summed E-state index contributed by atoms with van der Waals surface area (Å²) in [6, 6.07) is 5.58. The van der Waals surface area contributed by atoms with Crippen LogP contribution >= 0.6 is 11.8 Å². The summed E-state index contributed by atoms with van der Waals surface area (Å²) in [6.07, 6.45) is 0. The molecule has 0 fully saturated rings. The van der Waals surface area contributed by atoms with Crippen molar-refractivity contribution in [3.8, 4) is 0 Å². The van der Waals surface area contributed by atoms with Gasteiger partial charge in [0, 0.05) is 23.9 Å². The molecular weight excluding hydrogens is 280 g/mol. The number of hydrogen-bond acceptors (Lipinski definition) is 4. The molecule has 2 rings (SSSR count). The first-order valence-corrected chi connectivity index (χ1v) is 7.01. The number of halogens is 2. The summed E-state index contributed by atoms with van der Waals surface area (Å²) in [5.41, 5.74) is 0. The molecule has 0 amide bonds. The largest absolute Gasteiger partial charge is 0.373 e. The average molecular weight is 295 g/mol. The van der Waals surface area contributed by atoms with Crippen LogP contribution in [0.3, 0.4) is 0 Å². The molecular formula is C14H15F2N3S. The first-order valence-electron chi connectivity index (χ1n) is 6.19. The molecule has 0 aliphatic rings. The molecule has 6 heteroatoms. The fraction of sp³-hybridized carbons (Fsp3) is 0.286. The number of aromatic nitrogens is 2. The smallest absolute Gasteiger partial charge is 0.159 e. The Morgan fingerprint density at radius 2 is 1.85 bits per heavy atom. The second-order valence-corrected chi connectivity index (χ2v) is 5.63. The Morgan fingerprint density at radius 1 is 1.10 bits per heavy atom. The molecule has 1 aromatic heterocycles. The third-order valence-electron chi connectivity index (χ3n) is 2.61. The molecule has 0 unspecified atom stereocenters.